The maximum atomic E-state index is 13.6. The SMILES string of the molecule is CC.CS(=O)(=O)O.Cc1ccc(S(=O)(=O)c2ccc(Oc3ccc(C4(c5ccc(Oc6ccc(S(=O)(=O)c7ccc(Cc8ccccc8)cc7)cc6)cc5)c5ccccc5-c5ccccc54)cc3)cc2)cc1. The number of rotatable bonds is 12. The van der Waals surface area contributed by atoms with E-state index in [9.17, 15) is 25.3 Å². The minimum absolute atomic E-state index is 0.190. The van der Waals surface area contributed by atoms with Crippen LogP contribution in [0.2, 0.25) is 0 Å². The quantitative estimate of drug-likeness (QED) is 0.118. The first kappa shape index (κ1) is 50.8. The highest BCUT2D eigenvalue weighted by molar-refractivity contribution is 7.91. The van der Waals surface area contributed by atoms with Gasteiger partial charge in [0.15, 0.2) is 0 Å². The molecule has 364 valence electrons. The number of sulfone groups is 2. The molecule has 0 aromatic heterocycles. The lowest BCUT2D eigenvalue weighted by atomic mass is 9.68. The van der Waals surface area contributed by atoms with Gasteiger partial charge in [-0.3, -0.25) is 4.55 Å². The van der Waals surface area contributed by atoms with Crippen molar-refractivity contribution in [2.24, 2.45) is 0 Å². The van der Waals surface area contributed by atoms with E-state index in [1.807, 2.05) is 75.4 Å². The molecule has 0 saturated heterocycles. The third-order valence-corrected chi connectivity index (χ3v) is 15.7. The maximum Gasteiger partial charge on any atom is 0.261 e. The first-order valence-electron chi connectivity index (χ1n) is 23.2. The van der Waals surface area contributed by atoms with E-state index in [2.05, 4.69) is 84.9 Å². The average molecular weight is 1010 g/mol. The van der Waals surface area contributed by atoms with Gasteiger partial charge in [0.2, 0.25) is 19.7 Å². The molecular formula is C60H52O9S3. The number of ether oxygens (including phenoxy) is 2. The number of aryl methyl sites for hydroxylation is 1. The first-order valence-corrected chi connectivity index (χ1v) is 28.0. The minimum Gasteiger partial charge on any atom is -0.457 e. The van der Waals surface area contributed by atoms with E-state index in [1.165, 1.54) is 0 Å². The minimum atomic E-state index is -3.73. The van der Waals surface area contributed by atoms with Crippen LogP contribution < -0.4 is 9.47 Å². The molecule has 0 aliphatic heterocycles. The van der Waals surface area contributed by atoms with Crippen LogP contribution in [0.1, 0.15) is 52.8 Å². The molecule has 9 nitrogen and oxygen atoms in total. The highest BCUT2D eigenvalue weighted by Gasteiger charge is 2.46. The van der Waals surface area contributed by atoms with Crippen LogP contribution in [0.25, 0.3) is 11.1 Å². The molecule has 0 atom stereocenters. The summed E-state index contributed by atoms with van der Waals surface area (Å²) >= 11 is 0. The predicted octanol–water partition coefficient (Wildman–Crippen LogP) is 13.7. The molecule has 9 aromatic rings. The fraction of sp³-hybridized carbons (Fsp3) is 0.100. The fourth-order valence-corrected chi connectivity index (χ4v) is 11.3. The summed E-state index contributed by atoms with van der Waals surface area (Å²) in [6, 6.07) is 70.1. The van der Waals surface area contributed by atoms with Crippen LogP contribution in [0, 0.1) is 6.92 Å². The molecule has 0 fully saturated rings. The summed E-state index contributed by atoms with van der Waals surface area (Å²) in [7, 11) is -11.1. The Morgan fingerprint density at radius 1 is 0.389 bits per heavy atom. The van der Waals surface area contributed by atoms with E-state index in [4.69, 9.17) is 14.0 Å². The Kier molecular flexibility index (Phi) is 15.1. The predicted molar refractivity (Wildman–Crippen MR) is 283 cm³/mol. The maximum absolute atomic E-state index is 13.6. The van der Waals surface area contributed by atoms with E-state index in [0.29, 0.717) is 29.3 Å². The number of hydrogen-bond acceptors (Lipinski definition) is 8. The largest absolute Gasteiger partial charge is 0.457 e. The smallest absolute Gasteiger partial charge is 0.261 e. The van der Waals surface area contributed by atoms with Crippen LogP contribution >= 0.6 is 0 Å². The summed E-state index contributed by atoms with van der Waals surface area (Å²) in [6.07, 6.45) is 1.44. The fourth-order valence-electron chi connectivity index (χ4n) is 8.82. The van der Waals surface area contributed by atoms with Crippen LogP contribution in [0.4, 0.5) is 0 Å². The Bertz CT molecular complexity index is 3580. The Labute approximate surface area is 422 Å². The van der Waals surface area contributed by atoms with Gasteiger partial charge in [-0.2, -0.15) is 8.42 Å². The van der Waals surface area contributed by atoms with Crippen LogP contribution in [-0.2, 0) is 41.6 Å². The first-order chi connectivity index (χ1) is 34.6. The van der Waals surface area contributed by atoms with Crippen molar-refractivity contribution in [2.75, 3.05) is 6.26 Å². The van der Waals surface area contributed by atoms with E-state index in [0.717, 1.165) is 56.5 Å². The van der Waals surface area contributed by atoms with Crippen molar-refractivity contribution in [3.63, 3.8) is 0 Å². The normalized spacial score (nSPS) is 12.5. The van der Waals surface area contributed by atoms with Crippen molar-refractivity contribution in [3.8, 4) is 34.1 Å². The van der Waals surface area contributed by atoms with Crippen molar-refractivity contribution in [3.05, 3.63) is 263 Å². The van der Waals surface area contributed by atoms with Crippen LogP contribution in [0.3, 0.4) is 0 Å². The molecule has 1 N–H and O–H groups in total. The Hall–Kier alpha value is -7.61. The van der Waals surface area contributed by atoms with Crippen molar-refractivity contribution in [1.29, 1.82) is 0 Å². The van der Waals surface area contributed by atoms with Gasteiger partial charge < -0.3 is 9.47 Å². The van der Waals surface area contributed by atoms with Gasteiger partial charge >= 0.3 is 0 Å². The van der Waals surface area contributed by atoms with Crippen LogP contribution in [0.15, 0.2) is 244 Å². The molecule has 0 bridgehead atoms. The van der Waals surface area contributed by atoms with Crippen LogP contribution in [0.5, 0.6) is 23.0 Å². The zero-order valence-corrected chi connectivity index (χ0v) is 42.5. The van der Waals surface area contributed by atoms with Crippen molar-refractivity contribution < 1.29 is 39.3 Å². The third-order valence-electron chi connectivity index (χ3n) is 12.1. The second-order valence-electron chi connectivity index (χ2n) is 16.9. The summed E-state index contributed by atoms with van der Waals surface area (Å²) in [4.78, 5) is 0.872. The summed E-state index contributed by atoms with van der Waals surface area (Å²) in [5.74, 6) is 2.24. The molecule has 0 radical (unpaired) electrons. The average Bonchev–Trinajstić information content (AvgIpc) is 3.69. The summed E-state index contributed by atoms with van der Waals surface area (Å²) in [5, 5.41) is 0. The van der Waals surface area contributed by atoms with Gasteiger partial charge in [-0.1, -0.05) is 147 Å². The van der Waals surface area contributed by atoms with E-state index in [-0.39, 0.29) is 19.6 Å². The zero-order chi connectivity index (χ0) is 51.1. The Morgan fingerprint density at radius 2 is 0.681 bits per heavy atom. The van der Waals surface area contributed by atoms with Gasteiger partial charge in [-0.25, -0.2) is 16.8 Å². The Balaban J connectivity index is 0.000000934. The number of benzene rings is 9. The molecule has 0 saturated carbocycles. The second-order valence-corrected chi connectivity index (χ2v) is 22.3. The third kappa shape index (κ3) is 11.0. The Morgan fingerprint density at radius 3 is 1.06 bits per heavy atom. The number of fused-ring (bicyclic) bond motifs is 3. The van der Waals surface area contributed by atoms with Crippen LogP contribution in [-0.4, -0.2) is 36.1 Å². The molecule has 9 aromatic carbocycles. The molecule has 0 amide bonds. The van der Waals surface area contributed by atoms with Gasteiger partial charge in [0.25, 0.3) is 10.1 Å². The molecule has 72 heavy (non-hydrogen) atoms. The number of hydrogen-bond donors (Lipinski definition) is 1. The highest BCUT2D eigenvalue weighted by Crippen LogP contribution is 2.56. The molecule has 1 aliphatic carbocycles. The standard InChI is InChI=1S/C57H42O6S2.C2H6.CH4O3S/c1-40-15-31-49(32-16-40)64(58,59)51-35-27-47(28-36-51)62-45-23-19-43(20-24-45)57(55-13-7-5-11-53(55)54-12-6-8-14-56(54)57)44-21-25-46(26-22-44)63-48-29-37-52(38-30-48)65(60,61)50-33-17-42(18-34-50)39-41-9-3-2-4-10-41;1-2;1-5(2,3)4/h2-38H,39H2,1H3;1-2H3;1H3,(H,2,3,4). The van der Waals surface area contributed by atoms with E-state index >= 15 is 0 Å². The summed E-state index contributed by atoms with van der Waals surface area (Å²) < 4.78 is 92.1. The molecule has 1 aliphatic rings. The van der Waals surface area contributed by atoms with Gasteiger partial charge in [0, 0.05) is 0 Å². The van der Waals surface area contributed by atoms with E-state index < -0.39 is 35.2 Å². The van der Waals surface area contributed by atoms with Gasteiger partial charge in [-0.05, 0) is 155 Å². The lowest BCUT2D eigenvalue weighted by Crippen LogP contribution is -2.28. The van der Waals surface area contributed by atoms with Gasteiger partial charge in [-0.15, -0.1) is 0 Å². The zero-order valence-electron chi connectivity index (χ0n) is 40.0. The second kappa shape index (κ2) is 21.4. The molecule has 10 rings (SSSR count). The lowest BCUT2D eigenvalue weighted by Gasteiger charge is -2.34. The molecular weight excluding hydrogens is 961 g/mol. The van der Waals surface area contributed by atoms with Crippen molar-refractivity contribution >= 4 is 29.8 Å². The van der Waals surface area contributed by atoms with E-state index in [1.54, 1.807) is 84.9 Å². The summed E-state index contributed by atoms with van der Waals surface area (Å²) in [6.45, 7) is 5.92. The monoisotopic (exact) mass is 1010 g/mol. The molecule has 0 unspecified atom stereocenters. The van der Waals surface area contributed by atoms with Crippen molar-refractivity contribution in [2.45, 2.75) is 52.2 Å². The topological polar surface area (TPSA) is 141 Å². The summed E-state index contributed by atoms with van der Waals surface area (Å²) in [5.41, 5.74) is 9.21. The lowest BCUT2D eigenvalue weighted by molar-refractivity contribution is 0.481. The molecule has 0 heterocycles. The van der Waals surface area contributed by atoms with Gasteiger partial charge in [0.05, 0.1) is 31.3 Å². The van der Waals surface area contributed by atoms with Gasteiger partial charge in [0.1, 0.15) is 23.0 Å². The van der Waals surface area contributed by atoms with Crippen molar-refractivity contribution in [1.82, 2.24) is 0 Å². The molecule has 12 heteroatoms. The highest BCUT2D eigenvalue weighted by atomic mass is 32.2. The molecule has 0 spiro atoms.